The summed E-state index contributed by atoms with van der Waals surface area (Å²) in [5.74, 6) is 1.51. The van der Waals surface area contributed by atoms with Crippen LogP contribution in [-0.4, -0.2) is 47.1 Å². The van der Waals surface area contributed by atoms with Gasteiger partial charge in [0.2, 0.25) is 5.88 Å². The van der Waals surface area contributed by atoms with Crippen molar-refractivity contribution < 1.29 is 19.7 Å². The molecule has 8 heteroatoms. The highest BCUT2D eigenvalue weighted by atomic mass is 35.5. The number of rotatable bonds is 11. The number of ether oxygens (including phenoxy) is 2. The van der Waals surface area contributed by atoms with Crippen LogP contribution >= 0.6 is 12.4 Å². The lowest BCUT2D eigenvalue weighted by atomic mass is 10.1. The van der Waals surface area contributed by atoms with Gasteiger partial charge in [0.05, 0.1) is 6.61 Å². The minimum atomic E-state index is -0.711. The molecular formula is C24H26ClN3O4. The average molecular weight is 456 g/mol. The highest BCUT2D eigenvalue weighted by Crippen LogP contribution is 2.23. The highest BCUT2D eigenvalue weighted by Gasteiger charge is 2.13. The van der Waals surface area contributed by atoms with Gasteiger partial charge in [0.15, 0.2) is 0 Å². The third-order valence-electron chi connectivity index (χ3n) is 4.53. The van der Waals surface area contributed by atoms with Crippen LogP contribution in [0.25, 0.3) is 0 Å². The second-order valence-corrected chi connectivity index (χ2v) is 6.99. The summed E-state index contributed by atoms with van der Waals surface area (Å²) in [5, 5.41) is 32.2. The van der Waals surface area contributed by atoms with E-state index in [-0.39, 0.29) is 44.1 Å². The van der Waals surface area contributed by atoms with E-state index in [0.717, 1.165) is 5.56 Å². The Morgan fingerprint density at radius 3 is 2.56 bits per heavy atom. The van der Waals surface area contributed by atoms with Gasteiger partial charge in [-0.25, -0.2) is 4.98 Å². The van der Waals surface area contributed by atoms with Crippen molar-refractivity contribution in [3.05, 3.63) is 84.1 Å². The van der Waals surface area contributed by atoms with Crippen LogP contribution in [0.2, 0.25) is 0 Å². The van der Waals surface area contributed by atoms with Gasteiger partial charge in [-0.1, -0.05) is 30.3 Å². The van der Waals surface area contributed by atoms with Crippen molar-refractivity contribution in [3.8, 4) is 23.4 Å². The first-order valence-electron chi connectivity index (χ1n) is 10.00. The zero-order valence-corrected chi connectivity index (χ0v) is 18.2. The number of nitriles is 1. The van der Waals surface area contributed by atoms with E-state index in [4.69, 9.17) is 9.47 Å². The Labute approximate surface area is 193 Å². The van der Waals surface area contributed by atoms with Gasteiger partial charge < -0.3 is 25.0 Å². The van der Waals surface area contributed by atoms with Gasteiger partial charge in [0.25, 0.3) is 0 Å². The Balaban J connectivity index is 0.00000363. The number of nitrogens with one attached hydrogen (secondary N) is 1. The summed E-state index contributed by atoms with van der Waals surface area (Å²) in [7, 11) is 0. The van der Waals surface area contributed by atoms with Crippen LogP contribution in [0, 0.1) is 11.3 Å². The van der Waals surface area contributed by atoms with E-state index >= 15 is 0 Å². The van der Waals surface area contributed by atoms with E-state index in [1.165, 1.54) is 0 Å². The Morgan fingerprint density at radius 1 is 1.03 bits per heavy atom. The van der Waals surface area contributed by atoms with Crippen LogP contribution in [0.5, 0.6) is 17.4 Å². The minimum absolute atomic E-state index is 0. The fourth-order valence-corrected chi connectivity index (χ4v) is 2.96. The summed E-state index contributed by atoms with van der Waals surface area (Å²) in [6.45, 7) is 0.355. The van der Waals surface area contributed by atoms with Crippen molar-refractivity contribution in [1.82, 2.24) is 10.3 Å². The van der Waals surface area contributed by atoms with Crippen molar-refractivity contribution in [2.45, 2.75) is 18.6 Å². The Bertz CT molecular complexity index is 998. The molecule has 0 fully saturated rings. The fraction of sp³-hybridized carbons (Fsp3) is 0.250. The highest BCUT2D eigenvalue weighted by molar-refractivity contribution is 5.85. The summed E-state index contributed by atoms with van der Waals surface area (Å²) in [6, 6.07) is 21.8. The van der Waals surface area contributed by atoms with E-state index < -0.39 is 6.10 Å². The molecule has 0 aliphatic carbocycles. The molecule has 0 aliphatic heterocycles. The second-order valence-electron chi connectivity index (χ2n) is 6.99. The predicted octanol–water partition coefficient (Wildman–Crippen LogP) is 3.10. The van der Waals surface area contributed by atoms with E-state index in [9.17, 15) is 15.5 Å². The van der Waals surface area contributed by atoms with Gasteiger partial charge >= 0.3 is 0 Å². The molecule has 0 amide bonds. The average Bonchev–Trinajstić information content (AvgIpc) is 2.81. The largest absolute Gasteiger partial charge is 0.491 e. The lowest BCUT2D eigenvalue weighted by Crippen LogP contribution is -2.41. The van der Waals surface area contributed by atoms with Gasteiger partial charge in [-0.3, -0.25) is 0 Å². The van der Waals surface area contributed by atoms with Gasteiger partial charge in [-0.15, -0.1) is 12.4 Å². The predicted molar refractivity (Wildman–Crippen MR) is 123 cm³/mol. The Hall–Kier alpha value is -3.15. The van der Waals surface area contributed by atoms with Crippen molar-refractivity contribution >= 4 is 12.4 Å². The maximum atomic E-state index is 10.2. The number of pyridine rings is 1. The standard InChI is InChI=1S/C24H25N3O4.ClH/c25-14-19-7-5-11-26-24(19)31-23-10-4-6-18(13-23)12-20(16-28)27-15-21(29)17-30-22-8-2-1-3-9-22;/h1-11,13,20-21,27-29H,12,15-17H2;1H/t20?,21-;/m0./s1. The number of aliphatic hydroxyl groups excluding tert-OH is 2. The van der Waals surface area contributed by atoms with Crippen molar-refractivity contribution in [2.24, 2.45) is 0 Å². The molecule has 1 aromatic heterocycles. The van der Waals surface area contributed by atoms with Crippen molar-refractivity contribution in [2.75, 3.05) is 19.8 Å². The van der Waals surface area contributed by atoms with Crippen LogP contribution in [0.1, 0.15) is 11.1 Å². The molecule has 0 spiro atoms. The molecule has 0 saturated heterocycles. The zero-order chi connectivity index (χ0) is 21.9. The molecule has 1 heterocycles. The number of halogens is 1. The second kappa shape index (κ2) is 13.3. The maximum absolute atomic E-state index is 10.2. The molecular weight excluding hydrogens is 430 g/mol. The number of aromatic nitrogens is 1. The van der Waals surface area contributed by atoms with Crippen LogP contribution in [0.4, 0.5) is 0 Å². The monoisotopic (exact) mass is 455 g/mol. The lowest BCUT2D eigenvalue weighted by molar-refractivity contribution is 0.0997. The smallest absolute Gasteiger partial charge is 0.237 e. The maximum Gasteiger partial charge on any atom is 0.237 e. The molecule has 168 valence electrons. The molecule has 3 rings (SSSR count). The first kappa shape index (κ1) is 25.1. The van der Waals surface area contributed by atoms with E-state index in [0.29, 0.717) is 23.5 Å². The number of hydrogen-bond donors (Lipinski definition) is 3. The van der Waals surface area contributed by atoms with Crippen molar-refractivity contribution in [3.63, 3.8) is 0 Å². The van der Waals surface area contributed by atoms with Crippen molar-refractivity contribution in [1.29, 1.82) is 5.26 Å². The van der Waals surface area contributed by atoms with Crippen LogP contribution < -0.4 is 14.8 Å². The van der Waals surface area contributed by atoms with E-state index in [1.54, 1.807) is 24.4 Å². The number of benzene rings is 2. The molecule has 0 bridgehead atoms. The third kappa shape index (κ3) is 7.84. The van der Waals surface area contributed by atoms with Gasteiger partial charge in [-0.2, -0.15) is 5.26 Å². The number of aliphatic hydroxyl groups is 2. The molecule has 2 aromatic carbocycles. The molecule has 2 atom stereocenters. The molecule has 0 radical (unpaired) electrons. The van der Waals surface area contributed by atoms with E-state index in [2.05, 4.69) is 16.4 Å². The molecule has 7 nitrogen and oxygen atoms in total. The SMILES string of the molecule is Cl.N#Cc1cccnc1Oc1cccc(CC(CO)NC[C@H](O)COc2ccccc2)c1. The topological polar surface area (TPSA) is 108 Å². The number of nitrogens with zero attached hydrogens (tertiary/aromatic N) is 2. The molecule has 0 saturated carbocycles. The Morgan fingerprint density at radius 2 is 1.81 bits per heavy atom. The Kier molecular flexibility index (Phi) is 10.4. The van der Waals surface area contributed by atoms with Gasteiger partial charge in [0, 0.05) is 18.8 Å². The molecule has 0 aliphatic rings. The summed E-state index contributed by atoms with van der Waals surface area (Å²) in [6.07, 6.45) is 1.39. The van der Waals surface area contributed by atoms with Crippen LogP contribution in [-0.2, 0) is 6.42 Å². The molecule has 3 N–H and O–H groups in total. The quantitative estimate of drug-likeness (QED) is 0.407. The van der Waals surface area contributed by atoms with Crippen LogP contribution in [0.3, 0.4) is 0 Å². The summed E-state index contributed by atoms with van der Waals surface area (Å²) in [4.78, 5) is 4.10. The van der Waals surface area contributed by atoms with Gasteiger partial charge in [0.1, 0.15) is 35.8 Å². The minimum Gasteiger partial charge on any atom is -0.491 e. The number of para-hydroxylation sites is 1. The fourth-order valence-electron chi connectivity index (χ4n) is 2.96. The van der Waals surface area contributed by atoms with Crippen LogP contribution in [0.15, 0.2) is 72.9 Å². The third-order valence-corrected chi connectivity index (χ3v) is 4.53. The molecule has 1 unspecified atom stereocenters. The first-order chi connectivity index (χ1) is 15.2. The lowest BCUT2D eigenvalue weighted by Gasteiger charge is -2.19. The summed E-state index contributed by atoms with van der Waals surface area (Å²) in [5.41, 5.74) is 1.29. The first-order valence-corrected chi connectivity index (χ1v) is 10.00. The van der Waals surface area contributed by atoms with Gasteiger partial charge in [-0.05, 0) is 48.4 Å². The normalized spacial score (nSPS) is 12.2. The summed E-state index contributed by atoms with van der Waals surface area (Å²) >= 11 is 0. The molecule has 3 aromatic rings. The molecule has 32 heavy (non-hydrogen) atoms. The van der Waals surface area contributed by atoms with E-state index in [1.807, 2.05) is 48.5 Å². The zero-order valence-electron chi connectivity index (χ0n) is 17.4. The summed E-state index contributed by atoms with van der Waals surface area (Å²) < 4.78 is 11.3. The number of hydrogen-bond acceptors (Lipinski definition) is 7.